The van der Waals surface area contributed by atoms with Crippen molar-refractivity contribution in [2.24, 2.45) is 0 Å². The summed E-state index contributed by atoms with van der Waals surface area (Å²) in [5.74, 6) is 0.935. The first kappa shape index (κ1) is 16.3. The zero-order chi connectivity index (χ0) is 18.1. The van der Waals surface area contributed by atoms with Gasteiger partial charge in [0, 0.05) is 13.1 Å². The fourth-order valence-corrected chi connectivity index (χ4v) is 3.33. The second-order valence-corrected chi connectivity index (χ2v) is 6.41. The summed E-state index contributed by atoms with van der Waals surface area (Å²) in [5, 5.41) is 3.03. The number of carbonyl (C=O) groups excluding carboxylic acids is 1. The van der Waals surface area contributed by atoms with Gasteiger partial charge in [0.25, 0.3) is 0 Å². The average molecular weight is 347 g/mol. The molecule has 1 atom stereocenters. The summed E-state index contributed by atoms with van der Waals surface area (Å²) in [7, 11) is 0. The number of carbonyl (C=O) groups is 1. The van der Waals surface area contributed by atoms with Crippen LogP contribution >= 0.6 is 0 Å². The van der Waals surface area contributed by atoms with E-state index in [1.807, 2.05) is 60.9 Å². The number of imidazole rings is 2. The number of hydrogen-bond donors (Lipinski definition) is 1. The molecule has 0 aliphatic heterocycles. The van der Waals surface area contributed by atoms with Crippen LogP contribution in [0.5, 0.6) is 0 Å². The number of hydrogen-bond acceptors (Lipinski definition) is 3. The third kappa shape index (κ3) is 2.83. The van der Waals surface area contributed by atoms with Crippen LogP contribution in [0.4, 0.5) is 0 Å². The Kier molecular flexibility index (Phi) is 4.16. The second-order valence-electron chi connectivity index (χ2n) is 6.41. The van der Waals surface area contributed by atoms with E-state index >= 15 is 0 Å². The van der Waals surface area contributed by atoms with Crippen molar-refractivity contribution in [1.29, 1.82) is 0 Å². The van der Waals surface area contributed by atoms with Crippen molar-refractivity contribution in [2.45, 2.75) is 26.4 Å². The van der Waals surface area contributed by atoms with E-state index in [0.29, 0.717) is 13.1 Å². The molecule has 4 aromatic rings. The van der Waals surface area contributed by atoms with Crippen molar-refractivity contribution in [3.8, 4) is 0 Å². The smallest absolute Gasteiger partial charge is 0.242 e. The monoisotopic (exact) mass is 347 g/mol. The third-order valence-electron chi connectivity index (χ3n) is 4.76. The van der Waals surface area contributed by atoms with Gasteiger partial charge in [0.05, 0.1) is 28.4 Å². The first-order valence-electron chi connectivity index (χ1n) is 8.76. The van der Waals surface area contributed by atoms with E-state index in [4.69, 9.17) is 0 Å². The zero-order valence-corrected chi connectivity index (χ0v) is 14.9. The maximum Gasteiger partial charge on any atom is 0.242 e. The predicted octanol–water partition coefficient (Wildman–Crippen LogP) is 3.07. The molecule has 0 aliphatic rings. The van der Waals surface area contributed by atoms with Crippen molar-refractivity contribution >= 4 is 28.0 Å². The van der Waals surface area contributed by atoms with Gasteiger partial charge >= 0.3 is 0 Å². The Hall–Kier alpha value is -3.15. The number of aryl methyl sites for hydroxylation is 1. The lowest BCUT2D eigenvalue weighted by Crippen LogP contribution is -2.33. The van der Waals surface area contributed by atoms with Crippen LogP contribution in [0, 0.1) is 6.92 Å². The maximum atomic E-state index is 12.6. The Morgan fingerprint density at radius 1 is 1.08 bits per heavy atom. The van der Waals surface area contributed by atoms with E-state index in [9.17, 15) is 4.79 Å². The molecular weight excluding hydrogens is 326 g/mol. The summed E-state index contributed by atoms with van der Waals surface area (Å²) in [6, 6.07) is 15.6. The Bertz CT molecular complexity index is 1080. The zero-order valence-electron chi connectivity index (χ0n) is 14.9. The minimum absolute atomic E-state index is 0.0183. The van der Waals surface area contributed by atoms with Crippen molar-refractivity contribution < 1.29 is 4.79 Å². The van der Waals surface area contributed by atoms with Gasteiger partial charge in [0.2, 0.25) is 5.91 Å². The first-order chi connectivity index (χ1) is 12.6. The van der Waals surface area contributed by atoms with Gasteiger partial charge in [0.1, 0.15) is 11.9 Å². The van der Waals surface area contributed by atoms with Crippen LogP contribution in [-0.2, 0) is 11.3 Å². The molecule has 2 aromatic carbocycles. The van der Waals surface area contributed by atoms with Gasteiger partial charge in [-0.2, -0.15) is 0 Å². The topological polar surface area (TPSA) is 64.7 Å². The van der Waals surface area contributed by atoms with E-state index < -0.39 is 0 Å². The molecule has 0 radical (unpaired) electrons. The second kappa shape index (κ2) is 6.63. The lowest BCUT2D eigenvalue weighted by atomic mass is 10.2. The molecule has 26 heavy (non-hydrogen) atoms. The van der Waals surface area contributed by atoms with E-state index in [0.717, 1.165) is 27.9 Å². The molecule has 1 N–H and O–H groups in total. The molecule has 132 valence electrons. The highest BCUT2D eigenvalue weighted by atomic mass is 16.2. The first-order valence-corrected chi connectivity index (χ1v) is 8.76. The minimum atomic E-state index is -0.317. The quantitative estimate of drug-likeness (QED) is 0.603. The van der Waals surface area contributed by atoms with Gasteiger partial charge in [-0.15, -0.1) is 0 Å². The molecule has 2 aromatic heterocycles. The van der Waals surface area contributed by atoms with E-state index in [1.165, 1.54) is 0 Å². The molecule has 4 rings (SSSR count). The van der Waals surface area contributed by atoms with E-state index in [-0.39, 0.29) is 11.9 Å². The molecule has 0 fully saturated rings. The lowest BCUT2D eigenvalue weighted by molar-refractivity contribution is -0.123. The summed E-state index contributed by atoms with van der Waals surface area (Å²) in [4.78, 5) is 21.5. The molecule has 0 unspecified atom stereocenters. The van der Waals surface area contributed by atoms with Gasteiger partial charge in [-0.25, -0.2) is 9.97 Å². The van der Waals surface area contributed by atoms with Crippen molar-refractivity contribution in [2.75, 3.05) is 6.54 Å². The van der Waals surface area contributed by atoms with Crippen LogP contribution in [0.25, 0.3) is 22.1 Å². The average Bonchev–Trinajstić information content (AvgIpc) is 3.22. The summed E-state index contributed by atoms with van der Waals surface area (Å²) < 4.78 is 4.04. The molecule has 0 saturated heterocycles. The molecule has 6 nitrogen and oxygen atoms in total. The molecule has 0 saturated carbocycles. The molecule has 1 amide bonds. The molecule has 0 aliphatic carbocycles. The molecule has 0 bridgehead atoms. The number of nitrogens with one attached hydrogen (secondary N) is 1. The van der Waals surface area contributed by atoms with Crippen molar-refractivity contribution in [1.82, 2.24) is 24.4 Å². The normalized spacial score (nSPS) is 12.5. The van der Waals surface area contributed by atoms with Crippen LogP contribution in [0.2, 0.25) is 0 Å². The lowest BCUT2D eigenvalue weighted by Gasteiger charge is -2.15. The Morgan fingerprint density at radius 3 is 2.58 bits per heavy atom. The Labute approximate surface area is 151 Å². The Balaban J connectivity index is 1.44. The van der Waals surface area contributed by atoms with Gasteiger partial charge in [-0.05, 0) is 38.1 Å². The number of aromatic nitrogens is 4. The molecule has 0 spiro atoms. The number of fused-ring (bicyclic) bond motifs is 2. The largest absolute Gasteiger partial charge is 0.353 e. The number of para-hydroxylation sites is 4. The minimum Gasteiger partial charge on any atom is -0.353 e. The van der Waals surface area contributed by atoms with Crippen LogP contribution in [0.3, 0.4) is 0 Å². The number of amides is 1. The molecule has 6 heteroatoms. The fourth-order valence-electron chi connectivity index (χ4n) is 3.33. The summed E-state index contributed by atoms with van der Waals surface area (Å²) in [6.07, 6.45) is 1.72. The van der Waals surface area contributed by atoms with Gasteiger partial charge in [-0.3, -0.25) is 4.79 Å². The third-order valence-corrected chi connectivity index (χ3v) is 4.76. The van der Waals surface area contributed by atoms with Crippen LogP contribution < -0.4 is 5.32 Å². The van der Waals surface area contributed by atoms with Crippen molar-refractivity contribution in [3.63, 3.8) is 0 Å². The standard InChI is InChI=1S/C20H21N5O/c1-14(25-13-22-16-7-3-5-9-18(16)25)20(26)21-11-12-24-15(2)23-17-8-4-6-10-19(17)24/h3-10,13-14H,11-12H2,1-2H3,(H,21,26)/t14-/m1/s1. The molecule has 2 heterocycles. The Morgan fingerprint density at radius 2 is 1.77 bits per heavy atom. The highest BCUT2D eigenvalue weighted by Crippen LogP contribution is 2.18. The number of nitrogens with zero attached hydrogens (tertiary/aromatic N) is 4. The van der Waals surface area contributed by atoms with Crippen molar-refractivity contribution in [3.05, 3.63) is 60.7 Å². The van der Waals surface area contributed by atoms with Gasteiger partial charge < -0.3 is 14.5 Å². The summed E-state index contributed by atoms with van der Waals surface area (Å²) >= 11 is 0. The van der Waals surface area contributed by atoms with Crippen LogP contribution in [0.1, 0.15) is 18.8 Å². The fraction of sp³-hybridized carbons (Fsp3) is 0.250. The number of benzene rings is 2. The van der Waals surface area contributed by atoms with Gasteiger partial charge in [-0.1, -0.05) is 24.3 Å². The maximum absolute atomic E-state index is 12.6. The van der Waals surface area contributed by atoms with Crippen LogP contribution in [0.15, 0.2) is 54.9 Å². The van der Waals surface area contributed by atoms with E-state index in [2.05, 4.69) is 25.9 Å². The molecular formula is C20H21N5O. The van der Waals surface area contributed by atoms with Gasteiger partial charge in [0.15, 0.2) is 0 Å². The predicted molar refractivity (Wildman–Crippen MR) is 102 cm³/mol. The number of rotatable bonds is 5. The van der Waals surface area contributed by atoms with Crippen LogP contribution in [-0.4, -0.2) is 31.6 Å². The SMILES string of the molecule is Cc1nc2ccccc2n1CCNC(=O)[C@@H](C)n1cnc2ccccc21. The summed E-state index contributed by atoms with van der Waals surface area (Å²) in [6.45, 7) is 5.12. The highest BCUT2D eigenvalue weighted by molar-refractivity contribution is 5.83. The summed E-state index contributed by atoms with van der Waals surface area (Å²) in [5.41, 5.74) is 3.93. The van der Waals surface area contributed by atoms with E-state index in [1.54, 1.807) is 6.33 Å². The highest BCUT2D eigenvalue weighted by Gasteiger charge is 2.17.